The Kier molecular flexibility index (Phi) is 4.19. The van der Waals surface area contributed by atoms with Gasteiger partial charge in [-0.25, -0.2) is 14.3 Å². The molecular formula is C13H19N3O3. The molecule has 0 amide bonds. The number of nitrogens with zero attached hydrogens (tertiary/aromatic N) is 3. The maximum Gasteiger partial charge on any atom is 0.346 e. The van der Waals surface area contributed by atoms with Gasteiger partial charge in [-0.3, -0.25) is 4.57 Å². The fourth-order valence-corrected chi connectivity index (χ4v) is 2.21. The minimum Gasteiger partial charge on any atom is -0.463 e. The summed E-state index contributed by atoms with van der Waals surface area (Å²) in [6, 6.07) is 0. The highest BCUT2D eigenvalue weighted by Crippen LogP contribution is 2.10. The fraction of sp³-hybridized carbons (Fsp3) is 0.615. The maximum atomic E-state index is 12.2. The lowest BCUT2D eigenvalue weighted by Crippen LogP contribution is -2.27. The molecule has 1 aromatic rings. The molecule has 0 saturated heterocycles. The van der Waals surface area contributed by atoms with Gasteiger partial charge in [-0.1, -0.05) is 13.0 Å². The largest absolute Gasteiger partial charge is 0.463 e. The van der Waals surface area contributed by atoms with E-state index in [1.165, 1.54) is 4.68 Å². The highest BCUT2D eigenvalue weighted by atomic mass is 16.5. The van der Waals surface area contributed by atoms with Crippen LogP contribution in [-0.2, 0) is 29.0 Å². The third-order valence-corrected chi connectivity index (χ3v) is 3.19. The Hall–Kier alpha value is -1.85. The highest BCUT2D eigenvalue weighted by molar-refractivity contribution is 5.87. The van der Waals surface area contributed by atoms with Crippen molar-refractivity contribution in [1.29, 1.82) is 0 Å². The normalized spacial score (nSPS) is 14.6. The van der Waals surface area contributed by atoms with E-state index in [1.807, 2.05) is 0 Å². The Labute approximate surface area is 111 Å². The second kappa shape index (κ2) is 5.86. The molecule has 19 heavy (non-hydrogen) atoms. The monoisotopic (exact) mass is 265 g/mol. The molecule has 1 aliphatic heterocycles. The van der Waals surface area contributed by atoms with E-state index >= 15 is 0 Å². The van der Waals surface area contributed by atoms with Crippen LogP contribution in [0.1, 0.15) is 32.0 Å². The van der Waals surface area contributed by atoms with Crippen molar-refractivity contribution in [3.8, 4) is 0 Å². The zero-order chi connectivity index (χ0) is 13.8. The minimum absolute atomic E-state index is 0.0949. The Morgan fingerprint density at radius 1 is 1.42 bits per heavy atom. The summed E-state index contributed by atoms with van der Waals surface area (Å²) in [5.74, 6) is 0.330. The number of aromatic nitrogens is 3. The summed E-state index contributed by atoms with van der Waals surface area (Å²) in [7, 11) is 0. The highest BCUT2D eigenvalue weighted by Gasteiger charge is 2.17. The van der Waals surface area contributed by atoms with E-state index in [1.54, 1.807) is 11.5 Å². The first-order valence-corrected chi connectivity index (χ1v) is 6.65. The lowest BCUT2D eigenvalue weighted by molar-refractivity contribution is -0.138. The van der Waals surface area contributed by atoms with Gasteiger partial charge in [0.2, 0.25) is 0 Å². The molecule has 0 spiro atoms. The molecule has 6 heteroatoms. The van der Waals surface area contributed by atoms with Crippen LogP contribution < -0.4 is 5.69 Å². The average molecular weight is 265 g/mol. The number of carbonyl (C=O) groups is 1. The van der Waals surface area contributed by atoms with E-state index < -0.39 is 5.97 Å². The van der Waals surface area contributed by atoms with E-state index in [2.05, 4.69) is 11.7 Å². The Morgan fingerprint density at radius 3 is 2.95 bits per heavy atom. The number of hydrogen-bond acceptors (Lipinski definition) is 4. The maximum absolute atomic E-state index is 12.2. The zero-order valence-electron chi connectivity index (χ0n) is 11.2. The molecule has 1 aromatic heterocycles. The molecule has 1 aliphatic rings. The van der Waals surface area contributed by atoms with Crippen molar-refractivity contribution in [3.05, 3.63) is 28.5 Å². The SMILES string of the molecule is C=C(Cn1nc2n(c1=O)CCCCC2)C(=O)OCC. The van der Waals surface area contributed by atoms with Crippen LogP contribution in [0, 0.1) is 0 Å². The number of fused-ring (bicyclic) bond motifs is 1. The van der Waals surface area contributed by atoms with Gasteiger partial charge in [0.1, 0.15) is 5.82 Å². The van der Waals surface area contributed by atoms with E-state index in [0.717, 1.165) is 31.5 Å². The van der Waals surface area contributed by atoms with Crippen molar-refractivity contribution in [2.45, 2.75) is 45.7 Å². The van der Waals surface area contributed by atoms with Crippen LogP contribution in [0.25, 0.3) is 0 Å². The zero-order valence-corrected chi connectivity index (χ0v) is 11.2. The first-order valence-electron chi connectivity index (χ1n) is 6.65. The molecular weight excluding hydrogens is 246 g/mol. The first kappa shape index (κ1) is 13.6. The van der Waals surface area contributed by atoms with Gasteiger partial charge in [-0.15, -0.1) is 0 Å². The molecule has 0 bridgehead atoms. The summed E-state index contributed by atoms with van der Waals surface area (Å²) < 4.78 is 7.85. The molecule has 0 atom stereocenters. The molecule has 0 fully saturated rings. The minimum atomic E-state index is -0.474. The molecule has 6 nitrogen and oxygen atoms in total. The number of carbonyl (C=O) groups excluding carboxylic acids is 1. The Morgan fingerprint density at radius 2 is 2.21 bits per heavy atom. The number of hydrogen-bond donors (Lipinski definition) is 0. The van der Waals surface area contributed by atoms with Gasteiger partial charge >= 0.3 is 11.7 Å². The van der Waals surface area contributed by atoms with Crippen LogP contribution in [-0.4, -0.2) is 26.9 Å². The van der Waals surface area contributed by atoms with Crippen LogP contribution in [0.4, 0.5) is 0 Å². The van der Waals surface area contributed by atoms with Gasteiger partial charge in [0.05, 0.1) is 18.7 Å². The summed E-state index contributed by atoms with van der Waals surface area (Å²) >= 11 is 0. The van der Waals surface area contributed by atoms with Gasteiger partial charge < -0.3 is 4.74 Å². The third kappa shape index (κ3) is 2.94. The quantitative estimate of drug-likeness (QED) is 0.599. The molecule has 0 saturated carbocycles. The topological polar surface area (TPSA) is 66.1 Å². The number of esters is 1. The molecule has 0 radical (unpaired) electrons. The van der Waals surface area contributed by atoms with Crippen molar-refractivity contribution in [2.75, 3.05) is 6.61 Å². The lowest BCUT2D eigenvalue weighted by Gasteiger charge is -2.04. The van der Waals surface area contributed by atoms with Gasteiger partial charge in [0, 0.05) is 13.0 Å². The molecule has 0 aromatic carbocycles. The Bertz CT molecular complexity index is 542. The molecule has 104 valence electrons. The summed E-state index contributed by atoms with van der Waals surface area (Å²) in [5, 5.41) is 4.29. The lowest BCUT2D eigenvalue weighted by atomic mass is 10.2. The summed E-state index contributed by atoms with van der Waals surface area (Å²) in [5.41, 5.74) is 0.0829. The second-order valence-electron chi connectivity index (χ2n) is 4.64. The van der Waals surface area contributed by atoms with E-state index in [9.17, 15) is 9.59 Å². The van der Waals surface area contributed by atoms with E-state index in [0.29, 0.717) is 13.2 Å². The van der Waals surface area contributed by atoms with Gasteiger partial charge in [-0.2, -0.15) is 5.10 Å². The van der Waals surface area contributed by atoms with Crippen LogP contribution in [0.15, 0.2) is 16.9 Å². The summed E-state index contributed by atoms with van der Waals surface area (Å²) in [4.78, 5) is 23.6. The van der Waals surface area contributed by atoms with Crippen molar-refractivity contribution in [2.24, 2.45) is 0 Å². The standard InChI is InChI=1S/C13H19N3O3/c1-3-19-12(17)10(2)9-16-13(18)15-8-6-4-5-7-11(15)14-16/h2-9H2,1H3. The number of rotatable bonds is 4. The Balaban J connectivity index is 2.16. The summed E-state index contributed by atoms with van der Waals surface area (Å²) in [6.45, 7) is 6.48. The second-order valence-corrected chi connectivity index (χ2v) is 4.64. The predicted molar refractivity (Wildman–Crippen MR) is 69.8 cm³/mol. The van der Waals surface area contributed by atoms with Crippen molar-refractivity contribution >= 4 is 5.97 Å². The predicted octanol–water partition coefficient (Wildman–Crippen LogP) is 0.890. The van der Waals surface area contributed by atoms with Crippen LogP contribution in [0.2, 0.25) is 0 Å². The fourth-order valence-electron chi connectivity index (χ4n) is 2.21. The van der Waals surface area contributed by atoms with E-state index in [4.69, 9.17) is 4.74 Å². The van der Waals surface area contributed by atoms with Crippen LogP contribution in [0.3, 0.4) is 0 Å². The third-order valence-electron chi connectivity index (χ3n) is 3.19. The molecule has 0 unspecified atom stereocenters. The molecule has 0 N–H and O–H groups in total. The number of ether oxygens (including phenoxy) is 1. The molecule has 0 aliphatic carbocycles. The molecule has 2 heterocycles. The van der Waals surface area contributed by atoms with Crippen molar-refractivity contribution in [1.82, 2.24) is 14.3 Å². The van der Waals surface area contributed by atoms with Crippen molar-refractivity contribution in [3.63, 3.8) is 0 Å². The number of aryl methyl sites for hydroxylation is 1. The van der Waals surface area contributed by atoms with Gasteiger partial charge in [-0.05, 0) is 19.8 Å². The van der Waals surface area contributed by atoms with E-state index in [-0.39, 0.29) is 17.8 Å². The smallest absolute Gasteiger partial charge is 0.346 e. The molecule has 2 rings (SSSR count). The summed E-state index contributed by atoms with van der Waals surface area (Å²) in [6.07, 6.45) is 3.99. The average Bonchev–Trinajstić information content (AvgIpc) is 2.57. The van der Waals surface area contributed by atoms with Crippen LogP contribution >= 0.6 is 0 Å². The van der Waals surface area contributed by atoms with Gasteiger partial charge in [0.15, 0.2) is 0 Å². The van der Waals surface area contributed by atoms with Crippen LogP contribution in [0.5, 0.6) is 0 Å². The van der Waals surface area contributed by atoms with Crippen molar-refractivity contribution < 1.29 is 9.53 Å². The van der Waals surface area contributed by atoms with Gasteiger partial charge in [0.25, 0.3) is 0 Å². The first-order chi connectivity index (χ1) is 9.13.